The number of carbonyl (C=O) groups is 1. The van der Waals surface area contributed by atoms with E-state index in [-0.39, 0.29) is 16.6 Å². The molecule has 0 bridgehead atoms. The number of methoxy groups -OCH3 is 1. The number of hydrogen-bond donors (Lipinski definition) is 2. The number of carbonyl (C=O) groups excluding carboxylic acids is 1. The van der Waals surface area contributed by atoms with Crippen LogP contribution in [-0.4, -0.2) is 39.2 Å². The Morgan fingerprint density at radius 3 is 2.63 bits per heavy atom. The molecule has 1 saturated heterocycles. The van der Waals surface area contributed by atoms with Crippen LogP contribution in [0.25, 0.3) is 0 Å². The number of ether oxygens (including phenoxy) is 1. The molecule has 1 fully saturated rings. The van der Waals surface area contributed by atoms with E-state index in [9.17, 15) is 13.2 Å². The minimum Gasteiger partial charge on any atom is -0.464 e. The molecule has 0 unspecified atom stereocenters. The Balaban J connectivity index is 2.44. The lowest BCUT2D eigenvalue weighted by molar-refractivity contribution is 0.0584. The zero-order chi connectivity index (χ0) is 14.0. The van der Waals surface area contributed by atoms with Gasteiger partial charge in [0, 0.05) is 12.2 Å². The van der Waals surface area contributed by atoms with Crippen molar-refractivity contribution in [3.63, 3.8) is 0 Å². The maximum Gasteiger partial charge on any atom is 0.354 e. The van der Waals surface area contributed by atoms with Crippen molar-refractivity contribution in [1.29, 1.82) is 0 Å². The van der Waals surface area contributed by atoms with E-state index in [1.807, 2.05) is 0 Å². The Hall–Kier alpha value is -1.38. The van der Waals surface area contributed by atoms with Gasteiger partial charge in [0.15, 0.2) is 0 Å². The molecule has 1 aliphatic rings. The second-order valence-corrected chi connectivity index (χ2v) is 6.05. The van der Waals surface area contributed by atoms with Crippen LogP contribution < -0.4 is 10.5 Å². The summed E-state index contributed by atoms with van der Waals surface area (Å²) in [5.41, 5.74) is 0.221. The summed E-state index contributed by atoms with van der Waals surface area (Å²) in [7, 11) is -2.57. The average molecular weight is 287 g/mol. The van der Waals surface area contributed by atoms with Gasteiger partial charge in [-0.3, -0.25) is 0 Å². The summed E-state index contributed by atoms with van der Waals surface area (Å²) in [6.45, 7) is 1.66. The Morgan fingerprint density at radius 2 is 2.11 bits per heavy atom. The second kappa shape index (κ2) is 5.32. The minimum absolute atomic E-state index is 0.0635. The van der Waals surface area contributed by atoms with Crippen LogP contribution in [0.3, 0.4) is 0 Å². The number of piperidine rings is 1. The number of nitrogens with zero attached hydrogens (tertiary/aromatic N) is 1. The lowest BCUT2D eigenvalue weighted by atomic mass is 10.1. The molecule has 8 heteroatoms. The van der Waals surface area contributed by atoms with Crippen molar-refractivity contribution in [2.75, 3.05) is 20.2 Å². The second-order valence-electron chi connectivity index (χ2n) is 4.49. The average Bonchev–Trinajstić information content (AvgIpc) is 2.83. The normalized spacial score (nSPS) is 17.4. The lowest BCUT2D eigenvalue weighted by Gasteiger charge is -2.25. The predicted molar refractivity (Wildman–Crippen MR) is 68.3 cm³/mol. The molecule has 2 rings (SSSR count). The Kier molecular flexibility index (Phi) is 3.93. The van der Waals surface area contributed by atoms with Crippen LogP contribution in [0.5, 0.6) is 0 Å². The molecular weight excluding hydrogens is 270 g/mol. The van der Waals surface area contributed by atoms with Gasteiger partial charge < -0.3 is 14.6 Å². The molecule has 0 aliphatic carbocycles. The van der Waals surface area contributed by atoms with Gasteiger partial charge in [-0.1, -0.05) is 0 Å². The number of nitrogens with one attached hydrogen (secondary N) is 1. The summed E-state index contributed by atoms with van der Waals surface area (Å²) in [6.07, 6.45) is 3.06. The van der Waals surface area contributed by atoms with E-state index >= 15 is 0 Å². The van der Waals surface area contributed by atoms with Gasteiger partial charge >= 0.3 is 5.97 Å². The zero-order valence-electron chi connectivity index (χ0n) is 10.6. The number of primary sulfonamides is 1. The van der Waals surface area contributed by atoms with Gasteiger partial charge in [0.2, 0.25) is 10.0 Å². The van der Waals surface area contributed by atoms with Crippen LogP contribution in [0.4, 0.5) is 0 Å². The van der Waals surface area contributed by atoms with E-state index < -0.39 is 16.0 Å². The van der Waals surface area contributed by atoms with Crippen LogP contribution in [0, 0.1) is 0 Å². The molecule has 1 aromatic heterocycles. The third-order valence-electron chi connectivity index (χ3n) is 3.25. The SMILES string of the molecule is COC(=O)c1cc(S(N)(=O)=O)cn1C1CCNCC1. The molecule has 19 heavy (non-hydrogen) atoms. The molecule has 106 valence electrons. The third-order valence-corrected chi connectivity index (χ3v) is 4.13. The van der Waals surface area contributed by atoms with Gasteiger partial charge in [-0.25, -0.2) is 18.4 Å². The molecule has 0 amide bonds. The van der Waals surface area contributed by atoms with Crippen molar-refractivity contribution < 1.29 is 17.9 Å². The summed E-state index contributed by atoms with van der Waals surface area (Å²) >= 11 is 0. The van der Waals surface area contributed by atoms with E-state index in [2.05, 4.69) is 10.1 Å². The van der Waals surface area contributed by atoms with Gasteiger partial charge in [-0.2, -0.15) is 0 Å². The van der Waals surface area contributed by atoms with E-state index in [4.69, 9.17) is 5.14 Å². The van der Waals surface area contributed by atoms with Gasteiger partial charge in [-0.05, 0) is 32.0 Å². The first-order valence-corrected chi connectivity index (χ1v) is 7.52. The first-order chi connectivity index (χ1) is 8.93. The molecule has 2 heterocycles. The van der Waals surface area contributed by atoms with Crippen LogP contribution in [0.2, 0.25) is 0 Å². The lowest BCUT2D eigenvalue weighted by Crippen LogP contribution is -2.30. The smallest absolute Gasteiger partial charge is 0.354 e. The Bertz CT molecular complexity index is 573. The highest BCUT2D eigenvalue weighted by atomic mass is 32.2. The molecule has 0 spiro atoms. The Morgan fingerprint density at radius 1 is 1.47 bits per heavy atom. The first kappa shape index (κ1) is 14.0. The van der Waals surface area contributed by atoms with Gasteiger partial charge in [0.1, 0.15) is 10.6 Å². The molecule has 0 radical (unpaired) electrons. The molecule has 0 saturated carbocycles. The monoisotopic (exact) mass is 287 g/mol. The molecule has 0 aromatic carbocycles. The molecular formula is C11H17N3O4S. The molecule has 0 atom stereocenters. The number of rotatable bonds is 3. The summed E-state index contributed by atoms with van der Waals surface area (Å²) in [6, 6.07) is 1.34. The predicted octanol–water partition coefficient (Wildman–Crippen LogP) is -0.153. The van der Waals surface area contributed by atoms with Gasteiger partial charge in [0.25, 0.3) is 0 Å². The van der Waals surface area contributed by atoms with Crippen LogP contribution in [0.15, 0.2) is 17.2 Å². The highest BCUT2D eigenvalue weighted by molar-refractivity contribution is 7.89. The highest BCUT2D eigenvalue weighted by Gasteiger charge is 2.24. The number of nitrogens with two attached hydrogens (primary N) is 1. The highest BCUT2D eigenvalue weighted by Crippen LogP contribution is 2.24. The number of hydrogen-bond acceptors (Lipinski definition) is 5. The van der Waals surface area contributed by atoms with Crippen LogP contribution in [0.1, 0.15) is 29.4 Å². The van der Waals surface area contributed by atoms with Crippen molar-refractivity contribution in [3.05, 3.63) is 18.0 Å². The van der Waals surface area contributed by atoms with Gasteiger partial charge in [0.05, 0.1) is 7.11 Å². The standard InChI is InChI=1S/C11H17N3O4S/c1-18-11(15)10-6-9(19(12,16)17)7-14(10)8-2-4-13-5-3-8/h6-8,13H,2-5H2,1H3,(H2,12,16,17). The van der Waals surface area contributed by atoms with Crippen LogP contribution >= 0.6 is 0 Å². The molecule has 1 aromatic rings. The first-order valence-electron chi connectivity index (χ1n) is 5.97. The zero-order valence-corrected chi connectivity index (χ0v) is 11.4. The Labute approximate surface area is 111 Å². The van der Waals surface area contributed by atoms with Gasteiger partial charge in [-0.15, -0.1) is 0 Å². The fourth-order valence-corrected chi connectivity index (χ4v) is 2.80. The summed E-state index contributed by atoms with van der Waals surface area (Å²) in [5, 5.41) is 8.32. The van der Waals surface area contributed by atoms with Crippen molar-refractivity contribution >= 4 is 16.0 Å². The fraction of sp³-hybridized carbons (Fsp3) is 0.545. The van der Waals surface area contributed by atoms with Crippen molar-refractivity contribution in [3.8, 4) is 0 Å². The van der Waals surface area contributed by atoms with Crippen LogP contribution in [-0.2, 0) is 14.8 Å². The molecule has 1 aliphatic heterocycles. The topological polar surface area (TPSA) is 103 Å². The molecule has 7 nitrogen and oxygen atoms in total. The maximum atomic E-state index is 11.7. The fourth-order valence-electron chi connectivity index (χ4n) is 2.26. The quantitative estimate of drug-likeness (QED) is 0.752. The van der Waals surface area contributed by atoms with E-state index in [0.717, 1.165) is 25.9 Å². The maximum absolute atomic E-state index is 11.7. The minimum atomic E-state index is -3.83. The largest absolute Gasteiger partial charge is 0.464 e. The number of esters is 1. The van der Waals surface area contributed by atoms with Crippen molar-refractivity contribution in [2.45, 2.75) is 23.8 Å². The van der Waals surface area contributed by atoms with E-state index in [1.54, 1.807) is 4.57 Å². The van der Waals surface area contributed by atoms with Crippen molar-refractivity contribution in [2.24, 2.45) is 5.14 Å². The van der Waals surface area contributed by atoms with E-state index in [0.29, 0.717) is 0 Å². The van der Waals surface area contributed by atoms with E-state index in [1.165, 1.54) is 19.4 Å². The number of sulfonamides is 1. The summed E-state index contributed by atoms with van der Waals surface area (Å²) < 4.78 is 29.1. The summed E-state index contributed by atoms with van der Waals surface area (Å²) in [4.78, 5) is 11.7. The third kappa shape index (κ3) is 2.96. The number of aromatic nitrogens is 1. The van der Waals surface area contributed by atoms with Crippen molar-refractivity contribution in [1.82, 2.24) is 9.88 Å². The summed E-state index contributed by atoms with van der Waals surface area (Å²) in [5.74, 6) is -0.562. The molecule has 3 N–H and O–H groups in total.